The third-order valence-corrected chi connectivity index (χ3v) is 5.52. The second-order valence-corrected chi connectivity index (χ2v) is 11.5. The molecule has 9 nitrogen and oxygen atoms in total. The van der Waals surface area contributed by atoms with E-state index >= 15 is 0 Å². The Bertz CT molecular complexity index is 1280. The van der Waals surface area contributed by atoms with Gasteiger partial charge in [0.25, 0.3) is 0 Å². The van der Waals surface area contributed by atoms with Crippen molar-refractivity contribution in [3.8, 4) is 0 Å². The number of methoxy groups -OCH3 is 1. The fourth-order valence-corrected chi connectivity index (χ4v) is 3.64. The van der Waals surface area contributed by atoms with Crippen molar-refractivity contribution in [1.29, 1.82) is 0 Å². The summed E-state index contributed by atoms with van der Waals surface area (Å²) >= 11 is 5.85. The predicted octanol–water partition coefficient (Wildman–Crippen LogP) is 5.54. The minimum atomic E-state index is -1.31. The molecule has 0 aromatic heterocycles. The van der Waals surface area contributed by atoms with E-state index in [1.165, 1.54) is 42.4 Å². The molecule has 2 rings (SSSR count). The molecule has 11 heteroatoms. The fraction of sp³-hybridized carbons (Fsp3) is 0.400. The monoisotopic (exact) mass is 590 g/mol. The van der Waals surface area contributed by atoms with Crippen molar-refractivity contribution in [3.63, 3.8) is 0 Å². The highest BCUT2D eigenvalue weighted by Crippen LogP contribution is 2.20. The molecule has 1 atom stereocenters. The van der Waals surface area contributed by atoms with Crippen LogP contribution in [0.3, 0.4) is 0 Å². The molecule has 0 aliphatic carbocycles. The molecule has 2 aromatic carbocycles. The van der Waals surface area contributed by atoms with Crippen molar-refractivity contribution in [3.05, 3.63) is 76.1 Å². The summed E-state index contributed by atoms with van der Waals surface area (Å²) in [5.74, 6) is -2.60. The van der Waals surface area contributed by atoms with E-state index in [0.29, 0.717) is 11.1 Å². The lowest BCUT2D eigenvalue weighted by molar-refractivity contribution is -0.158. The molecule has 0 spiro atoms. The number of hydrogen-bond donors (Lipinski definition) is 1. The highest BCUT2D eigenvalue weighted by Gasteiger charge is 2.31. The number of hydrogen-bond acceptors (Lipinski definition) is 7. The molecule has 2 aromatic rings. The number of halogens is 2. The van der Waals surface area contributed by atoms with Crippen LogP contribution >= 0.6 is 11.6 Å². The lowest BCUT2D eigenvalue weighted by atomic mass is 10.1. The van der Waals surface area contributed by atoms with Gasteiger partial charge in [-0.25, -0.2) is 18.8 Å². The lowest BCUT2D eigenvalue weighted by Crippen LogP contribution is -2.52. The zero-order chi connectivity index (χ0) is 31.0. The SMILES string of the molecule is COC(=O)c1ccc(CN(CC(NC(=O)OC(C)(C)C)C(=O)OC(C)(C)C)C(=O)/C=C/c2cccc(Cl)c2F)cc1. The van der Waals surface area contributed by atoms with Crippen LogP contribution in [-0.4, -0.2) is 59.7 Å². The topological polar surface area (TPSA) is 111 Å². The Labute approximate surface area is 244 Å². The van der Waals surface area contributed by atoms with E-state index < -0.39 is 47.0 Å². The lowest BCUT2D eigenvalue weighted by Gasteiger charge is -2.30. The second-order valence-electron chi connectivity index (χ2n) is 11.1. The number of ether oxygens (including phenoxy) is 3. The van der Waals surface area contributed by atoms with E-state index in [4.69, 9.17) is 25.8 Å². The molecule has 2 amide bonds. The Kier molecular flexibility index (Phi) is 11.5. The molecule has 0 radical (unpaired) electrons. The van der Waals surface area contributed by atoms with Gasteiger partial charge in [-0.15, -0.1) is 0 Å². The Morgan fingerprint density at radius 2 is 1.59 bits per heavy atom. The van der Waals surface area contributed by atoms with Crippen LogP contribution in [0.25, 0.3) is 6.08 Å². The fourth-order valence-electron chi connectivity index (χ4n) is 3.45. The molecule has 222 valence electrons. The largest absolute Gasteiger partial charge is 0.465 e. The Hall–Kier alpha value is -3.92. The van der Waals surface area contributed by atoms with Crippen molar-refractivity contribution in [2.24, 2.45) is 0 Å². The minimum Gasteiger partial charge on any atom is -0.465 e. The molecule has 0 aliphatic rings. The highest BCUT2D eigenvalue weighted by molar-refractivity contribution is 6.30. The molecule has 41 heavy (non-hydrogen) atoms. The van der Waals surface area contributed by atoms with Crippen molar-refractivity contribution < 1.29 is 37.8 Å². The number of amides is 2. The predicted molar refractivity (Wildman–Crippen MR) is 153 cm³/mol. The molecule has 0 heterocycles. The average Bonchev–Trinajstić information content (AvgIpc) is 2.86. The molecule has 0 fully saturated rings. The van der Waals surface area contributed by atoms with E-state index in [1.54, 1.807) is 59.7 Å². The van der Waals surface area contributed by atoms with Crippen LogP contribution in [0.1, 0.15) is 63.0 Å². The summed E-state index contributed by atoms with van der Waals surface area (Å²) in [4.78, 5) is 52.2. The molecule has 1 unspecified atom stereocenters. The van der Waals surface area contributed by atoms with E-state index in [-0.39, 0.29) is 23.7 Å². The van der Waals surface area contributed by atoms with Gasteiger partial charge in [-0.05, 0) is 71.4 Å². The van der Waals surface area contributed by atoms with E-state index in [0.717, 1.165) is 6.08 Å². The molecule has 0 saturated heterocycles. The summed E-state index contributed by atoms with van der Waals surface area (Å²) in [6.45, 7) is 9.68. The molecule has 0 bridgehead atoms. The standard InChI is InChI=1S/C30H36ClFN2O7/c1-29(2,3)40-27(37)23(33-28(38)41-30(4,5)6)18-34(17-19-11-13-21(14-12-19)26(36)39-7)24(35)16-15-20-9-8-10-22(31)25(20)32/h8-16,23H,17-18H2,1-7H3,(H,33,38)/b16-15+. The summed E-state index contributed by atoms with van der Waals surface area (Å²) in [7, 11) is 1.26. The summed E-state index contributed by atoms with van der Waals surface area (Å²) in [5.41, 5.74) is -0.725. The summed E-state index contributed by atoms with van der Waals surface area (Å²) in [5, 5.41) is 2.39. The van der Waals surface area contributed by atoms with Crippen LogP contribution in [0.4, 0.5) is 9.18 Å². The summed E-state index contributed by atoms with van der Waals surface area (Å²) < 4.78 is 29.9. The van der Waals surface area contributed by atoms with Crippen LogP contribution in [0.2, 0.25) is 5.02 Å². The van der Waals surface area contributed by atoms with Crippen LogP contribution in [-0.2, 0) is 30.3 Å². The maximum Gasteiger partial charge on any atom is 0.408 e. The first-order valence-electron chi connectivity index (χ1n) is 12.8. The maximum atomic E-state index is 14.4. The van der Waals surface area contributed by atoms with Gasteiger partial charge in [0, 0.05) is 18.2 Å². The highest BCUT2D eigenvalue weighted by atomic mass is 35.5. The first-order chi connectivity index (χ1) is 19.0. The number of carbonyl (C=O) groups excluding carboxylic acids is 4. The van der Waals surface area contributed by atoms with Crippen LogP contribution in [0, 0.1) is 5.82 Å². The third kappa shape index (κ3) is 11.2. The number of benzene rings is 2. The second kappa shape index (κ2) is 14.1. The van der Waals surface area contributed by atoms with Gasteiger partial charge < -0.3 is 24.4 Å². The van der Waals surface area contributed by atoms with Gasteiger partial charge in [0.1, 0.15) is 23.1 Å². The number of nitrogens with one attached hydrogen (secondary N) is 1. The number of rotatable bonds is 9. The Morgan fingerprint density at radius 3 is 2.15 bits per heavy atom. The zero-order valence-electron chi connectivity index (χ0n) is 24.2. The van der Waals surface area contributed by atoms with Crippen LogP contribution in [0.15, 0.2) is 48.5 Å². The van der Waals surface area contributed by atoms with Gasteiger partial charge in [0.2, 0.25) is 5.91 Å². The number of nitrogens with zero attached hydrogens (tertiary/aromatic N) is 1. The van der Waals surface area contributed by atoms with E-state index in [1.807, 2.05) is 0 Å². The maximum absolute atomic E-state index is 14.4. The van der Waals surface area contributed by atoms with Crippen molar-refractivity contribution in [1.82, 2.24) is 10.2 Å². The minimum absolute atomic E-state index is 0.0298. The first-order valence-corrected chi connectivity index (χ1v) is 13.2. The van der Waals surface area contributed by atoms with Gasteiger partial charge >= 0.3 is 18.0 Å². The number of carbonyl (C=O) groups is 4. The summed E-state index contributed by atoms with van der Waals surface area (Å²) in [6.07, 6.45) is 1.53. The average molecular weight is 591 g/mol. The van der Waals surface area contributed by atoms with Gasteiger partial charge in [0.05, 0.1) is 24.2 Å². The van der Waals surface area contributed by atoms with Crippen molar-refractivity contribution >= 4 is 41.6 Å². The molecule has 0 saturated carbocycles. The number of esters is 2. The molecular formula is C30H36ClFN2O7. The molecular weight excluding hydrogens is 555 g/mol. The number of alkyl carbamates (subject to hydrolysis) is 1. The Morgan fingerprint density at radius 1 is 0.976 bits per heavy atom. The Balaban J connectivity index is 2.43. The van der Waals surface area contributed by atoms with Gasteiger partial charge in [0.15, 0.2) is 0 Å². The van der Waals surface area contributed by atoms with Gasteiger partial charge in [-0.2, -0.15) is 0 Å². The third-order valence-electron chi connectivity index (χ3n) is 5.23. The first kappa shape index (κ1) is 33.3. The van der Waals surface area contributed by atoms with E-state index in [2.05, 4.69) is 5.32 Å². The quantitative estimate of drug-likeness (QED) is 0.232. The zero-order valence-corrected chi connectivity index (χ0v) is 25.0. The molecule has 0 aliphatic heterocycles. The molecule has 1 N–H and O–H groups in total. The van der Waals surface area contributed by atoms with Gasteiger partial charge in [-0.3, -0.25) is 4.79 Å². The van der Waals surface area contributed by atoms with Crippen LogP contribution < -0.4 is 5.32 Å². The van der Waals surface area contributed by atoms with Gasteiger partial charge in [-0.1, -0.05) is 35.9 Å². The summed E-state index contributed by atoms with van der Waals surface area (Å²) in [6, 6.07) is 9.38. The van der Waals surface area contributed by atoms with Crippen molar-refractivity contribution in [2.45, 2.75) is 65.3 Å². The van der Waals surface area contributed by atoms with Crippen molar-refractivity contribution in [2.75, 3.05) is 13.7 Å². The smallest absolute Gasteiger partial charge is 0.408 e. The van der Waals surface area contributed by atoms with E-state index in [9.17, 15) is 23.6 Å². The normalized spacial score (nSPS) is 12.4. The van der Waals surface area contributed by atoms with Crippen LogP contribution in [0.5, 0.6) is 0 Å².